The monoisotopic (exact) mass is 444 g/mol. The zero-order valence-electron chi connectivity index (χ0n) is 18.8. The molecule has 1 aliphatic heterocycles. The van der Waals surface area contributed by atoms with Crippen LogP contribution in [0, 0.1) is 20.8 Å². The molecule has 0 saturated carbocycles. The predicted molar refractivity (Wildman–Crippen MR) is 121 cm³/mol. The van der Waals surface area contributed by atoms with Gasteiger partial charge in [0.05, 0.1) is 5.69 Å². The standard InChI is InChI=1S/C23H24N8O2/c1-15-16(2)31(14-25-15)22-12-21(26-17(3)27-22)29-7-9-30(10-8-29)23(32)19-11-20(33-28-19)18-5-4-6-24-13-18/h4-6,11-14H,7-10H2,1-3H3. The molecular weight excluding hydrogens is 420 g/mol. The smallest absolute Gasteiger partial charge is 0.276 e. The number of aryl methyl sites for hydroxylation is 2. The summed E-state index contributed by atoms with van der Waals surface area (Å²) in [5.41, 5.74) is 3.10. The lowest BCUT2D eigenvalue weighted by Gasteiger charge is -2.35. The summed E-state index contributed by atoms with van der Waals surface area (Å²) in [6.07, 6.45) is 5.15. The summed E-state index contributed by atoms with van der Waals surface area (Å²) in [6.45, 7) is 8.34. The van der Waals surface area contributed by atoms with Gasteiger partial charge in [-0.1, -0.05) is 5.16 Å². The van der Waals surface area contributed by atoms with Crippen molar-refractivity contribution in [2.24, 2.45) is 0 Å². The topological polar surface area (TPSA) is 106 Å². The molecule has 0 spiro atoms. The third-order valence-corrected chi connectivity index (χ3v) is 5.88. The Morgan fingerprint density at radius 2 is 1.82 bits per heavy atom. The Morgan fingerprint density at radius 3 is 2.52 bits per heavy atom. The van der Waals surface area contributed by atoms with E-state index in [2.05, 4.69) is 30.0 Å². The molecule has 1 amide bonds. The van der Waals surface area contributed by atoms with Gasteiger partial charge >= 0.3 is 0 Å². The highest BCUT2D eigenvalue weighted by atomic mass is 16.5. The van der Waals surface area contributed by atoms with Gasteiger partial charge in [-0.05, 0) is 32.9 Å². The number of rotatable bonds is 4. The number of hydrogen-bond donors (Lipinski definition) is 0. The van der Waals surface area contributed by atoms with Gasteiger partial charge in [0.25, 0.3) is 5.91 Å². The van der Waals surface area contributed by atoms with E-state index in [1.54, 1.807) is 29.7 Å². The Kier molecular flexibility index (Phi) is 5.33. The number of piperazine rings is 1. The lowest BCUT2D eigenvalue weighted by atomic mass is 10.2. The third-order valence-electron chi connectivity index (χ3n) is 5.88. The van der Waals surface area contributed by atoms with Crippen LogP contribution >= 0.6 is 0 Å². The Labute approximate surface area is 190 Å². The molecule has 33 heavy (non-hydrogen) atoms. The molecule has 0 atom stereocenters. The SMILES string of the molecule is Cc1nc(N2CCN(C(=O)c3cc(-c4cccnc4)on3)CC2)cc(-n2cnc(C)c2C)n1. The molecule has 0 aromatic carbocycles. The molecule has 10 heteroatoms. The number of amides is 1. The molecule has 1 fully saturated rings. The van der Waals surface area contributed by atoms with Gasteiger partial charge in [0, 0.05) is 62.0 Å². The Balaban J connectivity index is 1.28. The summed E-state index contributed by atoms with van der Waals surface area (Å²) in [6, 6.07) is 7.32. The Morgan fingerprint density at radius 1 is 1.03 bits per heavy atom. The molecule has 0 radical (unpaired) electrons. The summed E-state index contributed by atoms with van der Waals surface area (Å²) in [7, 11) is 0. The minimum atomic E-state index is -0.141. The van der Waals surface area contributed by atoms with Gasteiger partial charge in [0.2, 0.25) is 0 Å². The van der Waals surface area contributed by atoms with Crippen molar-refractivity contribution in [1.29, 1.82) is 0 Å². The molecule has 168 valence electrons. The van der Waals surface area contributed by atoms with Crippen LogP contribution in [0.4, 0.5) is 5.82 Å². The van der Waals surface area contributed by atoms with Gasteiger partial charge in [-0.3, -0.25) is 14.3 Å². The van der Waals surface area contributed by atoms with Crippen molar-refractivity contribution in [2.75, 3.05) is 31.1 Å². The fourth-order valence-corrected chi connectivity index (χ4v) is 3.87. The Hall–Kier alpha value is -4.08. The van der Waals surface area contributed by atoms with Gasteiger partial charge in [-0.2, -0.15) is 0 Å². The quantitative estimate of drug-likeness (QED) is 0.473. The largest absolute Gasteiger partial charge is 0.355 e. The number of pyridine rings is 1. The first-order valence-electron chi connectivity index (χ1n) is 10.8. The molecule has 0 aliphatic carbocycles. The second-order valence-electron chi connectivity index (χ2n) is 8.01. The minimum Gasteiger partial charge on any atom is -0.355 e. The highest BCUT2D eigenvalue weighted by molar-refractivity contribution is 5.93. The van der Waals surface area contributed by atoms with E-state index in [4.69, 9.17) is 4.52 Å². The summed E-state index contributed by atoms with van der Waals surface area (Å²) < 4.78 is 7.33. The fourth-order valence-electron chi connectivity index (χ4n) is 3.87. The number of anilines is 1. The molecule has 0 unspecified atom stereocenters. The first-order valence-corrected chi connectivity index (χ1v) is 10.8. The van der Waals surface area contributed by atoms with Crippen LogP contribution in [0.15, 0.2) is 47.5 Å². The van der Waals surface area contributed by atoms with Crippen molar-refractivity contribution in [1.82, 2.24) is 34.6 Å². The molecule has 1 saturated heterocycles. The maximum atomic E-state index is 13.0. The molecule has 1 aliphatic rings. The second-order valence-corrected chi connectivity index (χ2v) is 8.01. The van der Waals surface area contributed by atoms with Crippen LogP contribution in [0.5, 0.6) is 0 Å². The maximum absolute atomic E-state index is 13.0. The van der Waals surface area contributed by atoms with Crippen LogP contribution in [0.2, 0.25) is 0 Å². The van der Waals surface area contributed by atoms with E-state index in [0.717, 1.165) is 28.6 Å². The molecular formula is C23H24N8O2. The van der Waals surface area contributed by atoms with Gasteiger partial charge in [-0.15, -0.1) is 0 Å². The van der Waals surface area contributed by atoms with Crippen molar-refractivity contribution in [3.8, 4) is 17.1 Å². The highest BCUT2D eigenvalue weighted by Crippen LogP contribution is 2.22. The number of imidazole rings is 1. The normalized spacial score (nSPS) is 14.0. The maximum Gasteiger partial charge on any atom is 0.276 e. The molecule has 10 nitrogen and oxygen atoms in total. The van der Waals surface area contributed by atoms with Crippen LogP contribution in [0.25, 0.3) is 17.1 Å². The first kappa shape index (κ1) is 20.8. The predicted octanol–water partition coefficient (Wildman–Crippen LogP) is 2.60. The number of aromatic nitrogens is 6. The second kappa shape index (κ2) is 8.45. The van der Waals surface area contributed by atoms with E-state index in [0.29, 0.717) is 43.5 Å². The zero-order valence-corrected chi connectivity index (χ0v) is 18.8. The van der Waals surface area contributed by atoms with Crippen molar-refractivity contribution in [3.05, 3.63) is 65.9 Å². The number of hydrogen-bond acceptors (Lipinski definition) is 8. The molecule has 5 rings (SSSR count). The zero-order chi connectivity index (χ0) is 22.9. The average molecular weight is 444 g/mol. The summed E-state index contributed by atoms with van der Waals surface area (Å²) >= 11 is 0. The van der Waals surface area contributed by atoms with Crippen LogP contribution < -0.4 is 4.90 Å². The minimum absolute atomic E-state index is 0.141. The van der Waals surface area contributed by atoms with Gasteiger partial charge in [0.1, 0.15) is 23.8 Å². The van der Waals surface area contributed by atoms with E-state index in [1.807, 2.05) is 43.5 Å². The molecule has 5 heterocycles. The molecule has 0 bridgehead atoms. The van der Waals surface area contributed by atoms with Gasteiger partial charge in [0.15, 0.2) is 11.5 Å². The lowest BCUT2D eigenvalue weighted by Crippen LogP contribution is -2.49. The highest BCUT2D eigenvalue weighted by Gasteiger charge is 2.26. The van der Waals surface area contributed by atoms with Gasteiger partial charge < -0.3 is 14.3 Å². The number of carbonyl (C=O) groups is 1. The summed E-state index contributed by atoms with van der Waals surface area (Å²) in [5.74, 6) is 2.71. The van der Waals surface area contributed by atoms with Crippen molar-refractivity contribution < 1.29 is 9.32 Å². The van der Waals surface area contributed by atoms with E-state index in [1.165, 1.54) is 0 Å². The molecule has 4 aromatic rings. The first-order chi connectivity index (χ1) is 16.0. The summed E-state index contributed by atoms with van der Waals surface area (Å²) in [4.78, 5) is 34.6. The van der Waals surface area contributed by atoms with Crippen molar-refractivity contribution in [3.63, 3.8) is 0 Å². The lowest BCUT2D eigenvalue weighted by molar-refractivity contribution is 0.0736. The Bertz CT molecular complexity index is 1290. The fraction of sp³-hybridized carbons (Fsp3) is 0.304. The van der Waals surface area contributed by atoms with E-state index >= 15 is 0 Å². The average Bonchev–Trinajstić information content (AvgIpc) is 3.46. The number of carbonyl (C=O) groups excluding carboxylic acids is 1. The van der Waals surface area contributed by atoms with E-state index in [9.17, 15) is 4.79 Å². The van der Waals surface area contributed by atoms with Crippen LogP contribution in [-0.2, 0) is 0 Å². The van der Waals surface area contributed by atoms with Gasteiger partial charge in [-0.25, -0.2) is 15.0 Å². The third kappa shape index (κ3) is 4.07. The van der Waals surface area contributed by atoms with E-state index in [-0.39, 0.29) is 5.91 Å². The molecule has 0 N–H and O–H groups in total. The van der Waals surface area contributed by atoms with E-state index < -0.39 is 0 Å². The van der Waals surface area contributed by atoms with Crippen LogP contribution in [-0.4, -0.2) is 66.6 Å². The van der Waals surface area contributed by atoms with Crippen LogP contribution in [0.1, 0.15) is 27.7 Å². The molecule has 4 aromatic heterocycles. The van der Waals surface area contributed by atoms with Crippen molar-refractivity contribution in [2.45, 2.75) is 20.8 Å². The van der Waals surface area contributed by atoms with Crippen molar-refractivity contribution >= 4 is 11.7 Å². The van der Waals surface area contributed by atoms with Crippen LogP contribution in [0.3, 0.4) is 0 Å². The number of nitrogens with zero attached hydrogens (tertiary/aromatic N) is 8. The summed E-state index contributed by atoms with van der Waals surface area (Å²) in [5, 5.41) is 3.97.